The first-order valence-electron chi connectivity index (χ1n) is 8.97. The zero-order valence-electron chi connectivity index (χ0n) is 14.2. The van der Waals surface area contributed by atoms with Crippen molar-refractivity contribution in [1.29, 1.82) is 0 Å². The van der Waals surface area contributed by atoms with Gasteiger partial charge in [-0.15, -0.1) is 0 Å². The third-order valence-electron chi connectivity index (χ3n) is 6.11. The molecule has 3 heterocycles. The Morgan fingerprint density at radius 1 is 1.38 bits per heavy atom. The van der Waals surface area contributed by atoms with E-state index in [9.17, 15) is 4.79 Å². The van der Waals surface area contributed by atoms with E-state index in [1.54, 1.807) is 7.11 Å². The molecule has 3 aliphatic heterocycles. The van der Waals surface area contributed by atoms with Gasteiger partial charge in [-0.1, -0.05) is 22.0 Å². The van der Waals surface area contributed by atoms with Gasteiger partial charge in [-0.2, -0.15) is 0 Å². The summed E-state index contributed by atoms with van der Waals surface area (Å²) in [6.45, 7) is 3.18. The van der Waals surface area contributed by atoms with Crippen molar-refractivity contribution in [2.75, 3.05) is 32.1 Å². The van der Waals surface area contributed by atoms with E-state index in [1.807, 2.05) is 0 Å². The molecule has 4 nitrogen and oxygen atoms in total. The average molecular weight is 393 g/mol. The summed E-state index contributed by atoms with van der Waals surface area (Å²) in [5.74, 6) is 1.84. The summed E-state index contributed by atoms with van der Waals surface area (Å²) in [6, 6.07) is 7.37. The zero-order valence-corrected chi connectivity index (χ0v) is 15.8. The lowest BCUT2D eigenvalue weighted by Crippen LogP contribution is -2.57. The summed E-state index contributed by atoms with van der Waals surface area (Å²) in [6.07, 6.45) is 4.58. The summed E-state index contributed by atoms with van der Waals surface area (Å²) < 4.78 is 5.39. The number of alkyl halides is 1. The number of halogens is 1. The maximum atomic E-state index is 12.4. The van der Waals surface area contributed by atoms with Crippen LogP contribution in [0.2, 0.25) is 0 Å². The van der Waals surface area contributed by atoms with E-state index in [4.69, 9.17) is 4.74 Å². The predicted octanol–water partition coefficient (Wildman–Crippen LogP) is 3.00. The molecule has 2 saturated heterocycles. The maximum Gasteiger partial charge on any atom is 0.233 e. The van der Waals surface area contributed by atoms with Crippen molar-refractivity contribution >= 4 is 21.8 Å². The fourth-order valence-electron chi connectivity index (χ4n) is 4.95. The molecule has 0 saturated carbocycles. The van der Waals surface area contributed by atoms with Crippen LogP contribution in [-0.4, -0.2) is 53.8 Å². The zero-order chi connectivity index (χ0) is 16.7. The van der Waals surface area contributed by atoms with Gasteiger partial charge in [0.1, 0.15) is 5.75 Å². The minimum absolute atomic E-state index is 0.254. The highest BCUT2D eigenvalue weighted by Gasteiger charge is 2.43. The van der Waals surface area contributed by atoms with Crippen LogP contribution in [0, 0.1) is 5.92 Å². The van der Waals surface area contributed by atoms with Crippen LogP contribution in [0.3, 0.4) is 0 Å². The van der Waals surface area contributed by atoms with E-state index in [-0.39, 0.29) is 5.91 Å². The molecule has 0 aromatic heterocycles. The third-order valence-corrected chi connectivity index (χ3v) is 6.58. The quantitative estimate of drug-likeness (QED) is 0.725. The van der Waals surface area contributed by atoms with Gasteiger partial charge < -0.3 is 9.64 Å². The Morgan fingerprint density at radius 2 is 2.25 bits per heavy atom. The minimum Gasteiger partial charge on any atom is -0.497 e. The summed E-state index contributed by atoms with van der Waals surface area (Å²) in [7, 11) is 1.73. The number of amides is 1. The maximum absolute atomic E-state index is 12.4. The van der Waals surface area contributed by atoms with Crippen molar-refractivity contribution < 1.29 is 9.53 Å². The molecule has 4 rings (SSSR count). The molecule has 0 N–H and O–H groups in total. The van der Waals surface area contributed by atoms with Crippen molar-refractivity contribution in [3.63, 3.8) is 0 Å². The van der Waals surface area contributed by atoms with Crippen LogP contribution in [0.25, 0.3) is 0 Å². The number of nitrogens with zero attached hydrogens (tertiary/aromatic N) is 2. The number of hydrogen-bond donors (Lipinski definition) is 0. The normalized spacial score (nSPS) is 29.4. The molecule has 0 bridgehead atoms. The first kappa shape index (κ1) is 16.4. The molecule has 3 aliphatic rings. The van der Waals surface area contributed by atoms with Crippen LogP contribution < -0.4 is 4.74 Å². The van der Waals surface area contributed by atoms with Gasteiger partial charge in [-0.3, -0.25) is 9.69 Å². The van der Waals surface area contributed by atoms with Crippen LogP contribution in [-0.2, 0) is 11.2 Å². The second-order valence-corrected chi connectivity index (χ2v) is 7.81. The van der Waals surface area contributed by atoms with Gasteiger partial charge in [0.2, 0.25) is 5.91 Å². The van der Waals surface area contributed by atoms with Crippen LogP contribution in [0.4, 0.5) is 0 Å². The highest BCUT2D eigenvalue weighted by molar-refractivity contribution is 9.09. The van der Waals surface area contributed by atoms with Crippen LogP contribution in [0.15, 0.2) is 18.2 Å². The number of ether oxygens (including phenoxy) is 1. The molecule has 130 valence electrons. The lowest BCUT2D eigenvalue weighted by atomic mass is 9.76. The average Bonchev–Trinajstić information content (AvgIpc) is 2.64. The fraction of sp³-hybridized carbons (Fsp3) is 0.632. The molecule has 1 aromatic rings. The second kappa shape index (κ2) is 6.68. The number of carbonyl (C=O) groups excluding carboxylic acids is 1. The number of methoxy groups -OCH3 is 1. The second-order valence-electron chi connectivity index (χ2n) is 7.25. The summed E-state index contributed by atoms with van der Waals surface area (Å²) >= 11 is 3.36. The molecule has 0 radical (unpaired) electrons. The van der Waals surface area contributed by atoms with E-state index in [2.05, 4.69) is 43.9 Å². The number of likely N-dealkylation sites (tertiary alicyclic amines) is 1. The largest absolute Gasteiger partial charge is 0.497 e. The molecule has 5 heteroatoms. The molecule has 0 aliphatic carbocycles. The Balaban J connectivity index is 1.62. The molecule has 1 aromatic carbocycles. The summed E-state index contributed by atoms with van der Waals surface area (Å²) in [4.78, 5) is 17.2. The van der Waals surface area contributed by atoms with E-state index in [0.29, 0.717) is 23.3 Å². The molecule has 0 spiro atoms. The van der Waals surface area contributed by atoms with Crippen LogP contribution >= 0.6 is 15.9 Å². The Labute approximate surface area is 152 Å². The van der Waals surface area contributed by atoms with Gasteiger partial charge in [0.15, 0.2) is 0 Å². The fourth-order valence-corrected chi connectivity index (χ4v) is 5.27. The summed E-state index contributed by atoms with van der Waals surface area (Å²) in [5.41, 5.74) is 2.86. The van der Waals surface area contributed by atoms with E-state index >= 15 is 0 Å². The predicted molar refractivity (Wildman–Crippen MR) is 97.6 cm³/mol. The highest BCUT2D eigenvalue weighted by Crippen LogP contribution is 2.43. The standard InChI is InChI=1S/C19H25BrN2O2/c1-24-15-4-5-16-13(9-15)6-8-21-12-14-3-2-7-22(19(23)11-20)17(14)10-18(16)21/h4-5,9,14,17-18H,2-3,6-8,10-12H2,1H3. The Kier molecular flexibility index (Phi) is 4.56. The lowest BCUT2D eigenvalue weighted by Gasteiger charge is -2.52. The highest BCUT2D eigenvalue weighted by atomic mass is 79.9. The topological polar surface area (TPSA) is 32.8 Å². The van der Waals surface area contributed by atoms with Crippen molar-refractivity contribution in [1.82, 2.24) is 9.80 Å². The van der Waals surface area contributed by atoms with Crippen LogP contribution in [0.1, 0.15) is 36.4 Å². The third kappa shape index (κ3) is 2.76. The Hall–Kier alpha value is -1.07. The van der Waals surface area contributed by atoms with Crippen molar-refractivity contribution in [3.05, 3.63) is 29.3 Å². The number of piperidine rings is 2. The first-order chi connectivity index (χ1) is 11.7. The Morgan fingerprint density at radius 3 is 3.04 bits per heavy atom. The summed E-state index contributed by atoms with van der Waals surface area (Å²) in [5, 5.41) is 0.443. The molecular formula is C19H25BrN2O2. The first-order valence-corrected chi connectivity index (χ1v) is 10.1. The minimum atomic E-state index is 0.254. The SMILES string of the molecule is COc1ccc2c(c1)CCN1CC3CCCN(C(=O)CBr)C3CC21. The molecule has 2 fully saturated rings. The molecule has 1 amide bonds. The van der Waals surface area contributed by atoms with Crippen molar-refractivity contribution in [2.45, 2.75) is 37.8 Å². The van der Waals surface area contributed by atoms with Gasteiger partial charge in [0, 0.05) is 31.7 Å². The number of carbonyl (C=O) groups is 1. The Bertz CT molecular complexity index is 636. The van der Waals surface area contributed by atoms with Gasteiger partial charge in [0.05, 0.1) is 12.4 Å². The number of hydrogen-bond acceptors (Lipinski definition) is 3. The molecule has 3 unspecified atom stereocenters. The van der Waals surface area contributed by atoms with Gasteiger partial charge in [-0.25, -0.2) is 0 Å². The van der Waals surface area contributed by atoms with E-state index < -0.39 is 0 Å². The number of benzene rings is 1. The molecular weight excluding hydrogens is 368 g/mol. The van der Waals surface area contributed by atoms with E-state index in [0.717, 1.165) is 44.6 Å². The number of fused-ring (bicyclic) bond motifs is 4. The van der Waals surface area contributed by atoms with Gasteiger partial charge in [0.25, 0.3) is 0 Å². The van der Waals surface area contributed by atoms with Gasteiger partial charge in [-0.05, 0) is 54.9 Å². The van der Waals surface area contributed by atoms with Crippen molar-refractivity contribution in [3.8, 4) is 5.75 Å². The van der Waals surface area contributed by atoms with Crippen molar-refractivity contribution in [2.24, 2.45) is 5.92 Å². The monoisotopic (exact) mass is 392 g/mol. The van der Waals surface area contributed by atoms with E-state index in [1.165, 1.54) is 17.5 Å². The lowest BCUT2D eigenvalue weighted by molar-refractivity contribution is -0.136. The van der Waals surface area contributed by atoms with Crippen LogP contribution in [0.5, 0.6) is 5.75 Å². The van der Waals surface area contributed by atoms with Gasteiger partial charge >= 0.3 is 0 Å². The molecule has 3 atom stereocenters. The number of rotatable bonds is 2. The molecule has 24 heavy (non-hydrogen) atoms. The smallest absolute Gasteiger partial charge is 0.233 e.